The quantitative estimate of drug-likeness (QED) is 0.532. The molecule has 18 heavy (non-hydrogen) atoms. The van der Waals surface area contributed by atoms with Gasteiger partial charge in [-0.3, -0.25) is 0 Å². The summed E-state index contributed by atoms with van der Waals surface area (Å²) in [4.78, 5) is 0. The maximum absolute atomic E-state index is 2.42. The molecule has 0 aliphatic heterocycles. The highest BCUT2D eigenvalue weighted by Crippen LogP contribution is 2.21. The van der Waals surface area contributed by atoms with Gasteiger partial charge in [0, 0.05) is 0 Å². The predicted octanol–water partition coefficient (Wildman–Crippen LogP) is 5.59. The van der Waals surface area contributed by atoms with Crippen molar-refractivity contribution in [2.75, 3.05) is 0 Å². The Morgan fingerprint density at radius 2 is 1.89 bits per heavy atom. The van der Waals surface area contributed by atoms with Crippen LogP contribution in [0.4, 0.5) is 0 Å². The minimum absolute atomic E-state index is 0.783. The van der Waals surface area contributed by atoms with Crippen LogP contribution in [0.25, 0.3) is 0 Å². The molecule has 0 nitrogen and oxygen atoms in total. The van der Waals surface area contributed by atoms with Crippen molar-refractivity contribution >= 4 is 0 Å². The van der Waals surface area contributed by atoms with E-state index in [9.17, 15) is 0 Å². The van der Waals surface area contributed by atoms with Crippen LogP contribution in [0.15, 0.2) is 48.6 Å². The van der Waals surface area contributed by atoms with Crippen LogP contribution in [0.1, 0.15) is 51.4 Å². The largest absolute Gasteiger partial charge is 0.0883 e. The Kier molecular flexibility index (Phi) is 6.05. The highest BCUT2D eigenvalue weighted by Gasteiger charge is 2.06. The molecule has 0 heterocycles. The zero-order chi connectivity index (χ0) is 12.5. The van der Waals surface area contributed by atoms with E-state index in [1.807, 2.05) is 0 Å². The molecule has 0 saturated heterocycles. The maximum atomic E-state index is 2.42. The third-order valence-corrected chi connectivity index (χ3v) is 3.95. The Labute approximate surface area is 112 Å². The fourth-order valence-electron chi connectivity index (χ4n) is 2.79. The zero-order valence-corrected chi connectivity index (χ0v) is 11.4. The fraction of sp³-hybridized carbons (Fsp3) is 0.556. The van der Waals surface area contributed by atoms with Crippen LogP contribution in [-0.4, -0.2) is 0 Å². The summed E-state index contributed by atoms with van der Waals surface area (Å²) in [5.41, 5.74) is 0. The van der Waals surface area contributed by atoms with Crippen LogP contribution in [0.2, 0.25) is 0 Å². The van der Waals surface area contributed by atoms with Crippen molar-refractivity contribution in [3.05, 3.63) is 48.6 Å². The zero-order valence-electron chi connectivity index (χ0n) is 11.4. The molecule has 98 valence electrons. The first kappa shape index (κ1) is 13.4. The monoisotopic (exact) mass is 242 g/mol. The van der Waals surface area contributed by atoms with E-state index < -0.39 is 0 Å². The Morgan fingerprint density at radius 1 is 1.00 bits per heavy atom. The van der Waals surface area contributed by atoms with E-state index >= 15 is 0 Å². The van der Waals surface area contributed by atoms with E-state index in [2.05, 4.69) is 48.6 Å². The number of rotatable bonds is 6. The van der Waals surface area contributed by atoms with Gasteiger partial charge in [0.1, 0.15) is 0 Å². The lowest BCUT2D eigenvalue weighted by atomic mass is 9.92. The van der Waals surface area contributed by atoms with Gasteiger partial charge in [-0.25, -0.2) is 0 Å². The predicted molar refractivity (Wildman–Crippen MR) is 80.5 cm³/mol. The van der Waals surface area contributed by atoms with Crippen LogP contribution >= 0.6 is 0 Å². The summed E-state index contributed by atoms with van der Waals surface area (Å²) in [5, 5.41) is 0. The normalized spacial score (nSPS) is 24.8. The van der Waals surface area contributed by atoms with Crippen molar-refractivity contribution in [2.45, 2.75) is 51.4 Å². The lowest BCUT2D eigenvalue weighted by Gasteiger charge is -2.14. The van der Waals surface area contributed by atoms with Crippen molar-refractivity contribution in [3.63, 3.8) is 0 Å². The molecule has 0 aromatic rings. The van der Waals surface area contributed by atoms with Gasteiger partial charge in [-0.2, -0.15) is 0 Å². The van der Waals surface area contributed by atoms with Gasteiger partial charge in [-0.05, 0) is 63.2 Å². The highest BCUT2D eigenvalue weighted by atomic mass is 14.1. The average molecular weight is 242 g/mol. The molecule has 1 unspecified atom stereocenters. The van der Waals surface area contributed by atoms with Crippen LogP contribution in [0.5, 0.6) is 0 Å². The first-order valence-corrected chi connectivity index (χ1v) is 7.58. The molecule has 2 aliphatic carbocycles. The molecule has 0 radical (unpaired) electrons. The van der Waals surface area contributed by atoms with E-state index in [1.165, 1.54) is 44.9 Å². The Hall–Kier alpha value is -1.04. The Balaban J connectivity index is 1.52. The molecule has 0 bridgehead atoms. The summed E-state index contributed by atoms with van der Waals surface area (Å²) in [6.07, 6.45) is 29.0. The molecular weight excluding hydrogens is 216 g/mol. The molecule has 2 aliphatic rings. The topological polar surface area (TPSA) is 0 Å². The second kappa shape index (κ2) is 8.13. The lowest BCUT2D eigenvalue weighted by Crippen LogP contribution is -1.99. The fourth-order valence-corrected chi connectivity index (χ4v) is 2.79. The van der Waals surface area contributed by atoms with Crippen molar-refractivity contribution < 1.29 is 0 Å². The number of allylic oxidation sites excluding steroid dienone is 8. The molecule has 0 aromatic carbocycles. The lowest BCUT2D eigenvalue weighted by molar-refractivity contribution is 0.509. The van der Waals surface area contributed by atoms with Gasteiger partial charge in [0.15, 0.2) is 0 Å². The molecule has 0 aromatic heterocycles. The van der Waals surface area contributed by atoms with Crippen LogP contribution in [0, 0.1) is 11.8 Å². The second-order valence-corrected chi connectivity index (χ2v) is 5.53. The highest BCUT2D eigenvalue weighted by molar-refractivity contribution is 5.04. The Bertz CT molecular complexity index is 322. The van der Waals surface area contributed by atoms with Gasteiger partial charge in [0.25, 0.3) is 0 Å². The van der Waals surface area contributed by atoms with E-state index in [0.717, 1.165) is 18.3 Å². The molecule has 0 amide bonds. The summed E-state index contributed by atoms with van der Waals surface area (Å²) >= 11 is 0. The summed E-state index contributed by atoms with van der Waals surface area (Å²) in [6, 6.07) is 0. The first-order valence-electron chi connectivity index (χ1n) is 7.58. The molecule has 2 rings (SSSR count). The number of hydrogen-bond acceptors (Lipinski definition) is 0. The van der Waals surface area contributed by atoms with Gasteiger partial charge < -0.3 is 0 Å². The third-order valence-electron chi connectivity index (χ3n) is 3.95. The molecular formula is C18H26. The van der Waals surface area contributed by atoms with E-state index in [0.29, 0.717) is 0 Å². The van der Waals surface area contributed by atoms with Gasteiger partial charge in [0.05, 0.1) is 0 Å². The standard InChI is InChI=1S/C18H26/c1(3-6-12-18-15-9-10-16-18)2-5-11-17-13-7-4-8-14-17/h1-2,6-7,9-10,12-13,17-18H,3-5,8,11,14-16H2/b2-1+,12-6+. The van der Waals surface area contributed by atoms with Crippen LogP contribution in [0.3, 0.4) is 0 Å². The van der Waals surface area contributed by atoms with Crippen molar-refractivity contribution in [1.29, 1.82) is 0 Å². The van der Waals surface area contributed by atoms with Gasteiger partial charge in [-0.1, -0.05) is 48.6 Å². The van der Waals surface area contributed by atoms with Crippen molar-refractivity contribution in [1.82, 2.24) is 0 Å². The maximum Gasteiger partial charge on any atom is -0.0164 e. The molecule has 1 atom stereocenters. The van der Waals surface area contributed by atoms with Crippen LogP contribution in [-0.2, 0) is 0 Å². The van der Waals surface area contributed by atoms with Crippen molar-refractivity contribution in [3.8, 4) is 0 Å². The van der Waals surface area contributed by atoms with E-state index in [1.54, 1.807) is 0 Å². The minimum Gasteiger partial charge on any atom is -0.0883 e. The van der Waals surface area contributed by atoms with Gasteiger partial charge in [-0.15, -0.1) is 0 Å². The third kappa shape index (κ3) is 5.08. The molecule has 0 fully saturated rings. The van der Waals surface area contributed by atoms with Gasteiger partial charge >= 0.3 is 0 Å². The summed E-state index contributed by atoms with van der Waals surface area (Å²) in [7, 11) is 0. The second-order valence-electron chi connectivity index (χ2n) is 5.53. The Morgan fingerprint density at radius 3 is 2.67 bits per heavy atom. The molecule has 0 saturated carbocycles. The summed E-state index contributed by atoms with van der Waals surface area (Å²) < 4.78 is 0. The minimum atomic E-state index is 0.783. The summed E-state index contributed by atoms with van der Waals surface area (Å²) in [5.74, 6) is 1.63. The SMILES string of the molecule is C1=CC(CC/C=C/C/C=C/C2CC=CC2)CCC1. The van der Waals surface area contributed by atoms with E-state index in [4.69, 9.17) is 0 Å². The van der Waals surface area contributed by atoms with Gasteiger partial charge in [0.2, 0.25) is 0 Å². The summed E-state index contributed by atoms with van der Waals surface area (Å²) in [6.45, 7) is 0. The smallest absolute Gasteiger partial charge is 0.0164 e. The van der Waals surface area contributed by atoms with Crippen LogP contribution < -0.4 is 0 Å². The molecule has 0 heteroatoms. The molecule has 0 spiro atoms. The van der Waals surface area contributed by atoms with E-state index in [-0.39, 0.29) is 0 Å². The first-order chi connectivity index (χ1) is 8.95. The van der Waals surface area contributed by atoms with Crippen molar-refractivity contribution in [2.24, 2.45) is 11.8 Å². The average Bonchev–Trinajstić information content (AvgIpc) is 2.92. The molecule has 0 N–H and O–H groups in total. The number of hydrogen-bond donors (Lipinski definition) is 0.